The minimum absolute atomic E-state index is 0.0778. The van der Waals surface area contributed by atoms with Crippen molar-refractivity contribution in [3.05, 3.63) is 70.7 Å². The van der Waals surface area contributed by atoms with Crippen LogP contribution in [0.4, 0.5) is 0 Å². The van der Waals surface area contributed by atoms with Crippen LogP contribution in [0.5, 0.6) is 0 Å². The third-order valence-corrected chi connectivity index (χ3v) is 3.07. The number of benzene rings is 2. The molecule has 0 radical (unpaired) electrons. The van der Waals surface area contributed by atoms with Crippen molar-refractivity contribution in [2.75, 3.05) is 6.54 Å². The van der Waals surface area contributed by atoms with Crippen LogP contribution in [-0.4, -0.2) is 12.5 Å². The summed E-state index contributed by atoms with van der Waals surface area (Å²) in [5.41, 5.74) is 7.31. The molecule has 19 heavy (non-hydrogen) atoms. The van der Waals surface area contributed by atoms with Gasteiger partial charge in [-0.15, -0.1) is 0 Å². The molecule has 0 aliphatic carbocycles. The van der Waals surface area contributed by atoms with E-state index in [1.807, 2.05) is 54.6 Å². The van der Waals surface area contributed by atoms with Gasteiger partial charge in [-0.3, -0.25) is 10.1 Å². The fourth-order valence-corrected chi connectivity index (χ4v) is 2.06. The second-order valence-electron chi connectivity index (χ2n) is 4.24. The number of carbonyl (C=O) groups excluding carboxylic acids is 1. The lowest BCUT2D eigenvalue weighted by molar-refractivity contribution is -0.117. The van der Waals surface area contributed by atoms with Gasteiger partial charge in [0.2, 0.25) is 5.91 Å². The maximum absolute atomic E-state index is 11.0. The zero-order valence-corrected chi connectivity index (χ0v) is 11.1. The summed E-state index contributed by atoms with van der Waals surface area (Å²) < 4.78 is 0. The molecule has 0 aliphatic heterocycles. The minimum Gasteiger partial charge on any atom is -0.369 e. The lowest BCUT2D eigenvalue weighted by Crippen LogP contribution is -2.32. The molecule has 2 rings (SSSR count). The van der Waals surface area contributed by atoms with Gasteiger partial charge in [-0.25, -0.2) is 0 Å². The van der Waals surface area contributed by atoms with Gasteiger partial charge in [0, 0.05) is 5.02 Å². The van der Waals surface area contributed by atoms with Crippen molar-refractivity contribution >= 4 is 17.5 Å². The highest BCUT2D eigenvalue weighted by Gasteiger charge is 2.13. The van der Waals surface area contributed by atoms with E-state index in [0.29, 0.717) is 5.02 Å². The molecule has 2 aromatic rings. The lowest BCUT2D eigenvalue weighted by atomic mass is 9.99. The van der Waals surface area contributed by atoms with Crippen LogP contribution in [0.3, 0.4) is 0 Å². The molecule has 0 spiro atoms. The molecule has 0 heterocycles. The topological polar surface area (TPSA) is 55.1 Å². The first kappa shape index (κ1) is 13.6. The SMILES string of the molecule is NC(=O)CNC(c1ccccc1)c1ccc(Cl)cc1. The molecule has 3 N–H and O–H groups in total. The van der Waals surface area contributed by atoms with E-state index in [1.165, 1.54) is 0 Å². The van der Waals surface area contributed by atoms with Gasteiger partial charge in [0.15, 0.2) is 0 Å². The number of hydrogen-bond donors (Lipinski definition) is 2. The fraction of sp³-hybridized carbons (Fsp3) is 0.133. The molecule has 98 valence electrons. The molecule has 0 fully saturated rings. The van der Waals surface area contributed by atoms with Gasteiger partial charge in [0.1, 0.15) is 0 Å². The zero-order chi connectivity index (χ0) is 13.7. The highest BCUT2D eigenvalue weighted by Crippen LogP contribution is 2.23. The van der Waals surface area contributed by atoms with Crippen LogP contribution in [0.2, 0.25) is 5.02 Å². The Morgan fingerprint density at radius 3 is 2.21 bits per heavy atom. The van der Waals surface area contributed by atoms with Crippen molar-refractivity contribution in [2.24, 2.45) is 5.73 Å². The maximum atomic E-state index is 11.0. The first-order valence-corrected chi connectivity index (χ1v) is 6.36. The van der Waals surface area contributed by atoms with E-state index in [0.717, 1.165) is 11.1 Å². The Morgan fingerprint density at radius 2 is 1.63 bits per heavy atom. The van der Waals surface area contributed by atoms with E-state index in [1.54, 1.807) is 0 Å². The van der Waals surface area contributed by atoms with Gasteiger partial charge in [-0.1, -0.05) is 54.1 Å². The third kappa shape index (κ3) is 3.81. The molecule has 0 saturated heterocycles. The Labute approximate surface area is 117 Å². The molecule has 3 nitrogen and oxygen atoms in total. The monoisotopic (exact) mass is 274 g/mol. The summed E-state index contributed by atoms with van der Waals surface area (Å²) in [4.78, 5) is 11.0. The number of hydrogen-bond acceptors (Lipinski definition) is 2. The molecule has 0 aliphatic rings. The summed E-state index contributed by atoms with van der Waals surface area (Å²) in [7, 11) is 0. The summed E-state index contributed by atoms with van der Waals surface area (Å²) in [6.45, 7) is 0.127. The lowest BCUT2D eigenvalue weighted by Gasteiger charge is -2.19. The van der Waals surface area contributed by atoms with Gasteiger partial charge >= 0.3 is 0 Å². The van der Waals surface area contributed by atoms with E-state index >= 15 is 0 Å². The number of carbonyl (C=O) groups is 1. The largest absolute Gasteiger partial charge is 0.369 e. The molecule has 1 unspecified atom stereocenters. The van der Waals surface area contributed by atoms with Gasteiger partial charge in [-0.05, 0) is 23.3 Å². The molecule has 0 aromatic heterocycles. The van der Waals surface area contributed by atoms with Crippen LogP contribution in [0.15, 0.2) is 54.6 Å². The Morgan fingerprint density at radius 1 is 1.05 bits per heavy atom. The minimum atomic E-state index is -0.380. The van der Waals surface area contributed by atoms with Gasteiger partial charge in [-0.2, -0.15) is 0 Å². The van der Waals surface area contributed by atoms with E-state index < -0.39 is 0 Å². The van der Waals surface area contributed by atoms with Crippen molar-refractivity contribution in [1.29, 1.82) is 0 Å². The Bertz CT molecular complexity index is 540. The second-order valence-corrected chi connectivity index (χ2v) is 4.68. The van der Waals surface area contributed by atoms with Crippen LogP contribution < -0.4 is 11.1 Å². The van der Waals surface area contributed by atoms with Crippen LogP contribution in [0.1, 0.15) is 17.2 Å². The van der Waals surface area contributed by atoms with Gasteiger partial charge in [0.05, 0.1) is 12.6 Å². The summed E-state index contributed by atoms with van der Waals surface area (Å²) in [5.74, 6) is -0.380. The second kappa shape index (κ2) is 6.36. The molecule has 0 saturated carbocycles. The molecule has 1 atom stereocenters. The maximum Gasteiger partial charge on any atom is 0.231 e. The third-order valence-electron chi connectivity index (χ3n) is 2.82. The average molecular weight is 275 g/mol. The van der Waals surface area contributed by atoms with Crippen molar-refractivity contribution < 1.29 is 4.79 Å². The van der Waals surface area contributed by atoms with Gasteiger partial charge in [0.25, 0.3) is 0 Å². The number of nitrogens with two attached hydrogens (primary N) is 1. The van der Waals surface area contributed by atoms with Crippen molar-refractivity contribution in [2.45, 2.75) is 6.04 Å². The summed E-state index contributed by atoms with van der Waals surface area (Å²) >= 11 is 5.90. The van der Waals surface area contributed by atoms with E-state index in [9.17, 15) is 4.79 Å². The predicted octanol–water partition coefficient (Wildman–Crippen LogP) is 2.50. The fourth-order valence-electron chi connectivity index (χ4n) is 1.93. The Hall–Kier alpha value is -1.84. The average Bonchev–Trinajstić information content (AvgIpc) is 2.42. The predicted molar refractivity (Wildman–Crippen MR) is 76.9 cm³/mol. The Kier molecular flexibility index (Phi) is 4.55. The molecular weight excluding hydrogens is 260 g/mol. The number of halogens is 1. The number of amides is 1. The van der Waals surface area contributed by atoms with E-state index in [4.69, 9.17) is 17.3 Å². The summed E-state index contributed by atoms with van der Waals surface area (Å²) in [5, 5.41) is 3.84. The van der Waals surface area contributed by atoms with Crippen molar-refractivity contribution in [3.63, 3.8) is 0 Å². The number of nitrogens with one attached hydrogen (secondary N) is 1. The van der Waals surface area contributed by atoms with E-state index in [2.05, 4.69) is 5.32 Å². The van der Waals surface area contributed by atoms with Crippen molar-refractivity contribution in [1.82, 2.24) is 5.32 Å². The van der Waals surface area contributed by atoms with Crippen LogP contribution in [-0.2, 0) is 4.79 Å². The standard InChI is InChI=1S/C15H15ClN2O/c16-13-8-6-12(7-9-13)15(18-10-14(17)19)11-4-2-1-3-5-11/h1-9,15,18H,10H2,(H2,17,19). The first-order chi connectivity index (χ1) is 9.16. The smallest absolute Gasteiger partial charge is 0.231 e. The van der Waals surface area contributed by atoms with Crippen molar-refractivity contribution in [3.8, 4) is 0 Å². The van der Waals surface area contributed by atoms with Crippen LogP contribution in [0.25, 0.3) is 0 Å². The van der Waals surface area contributed by atoms with Gasteiger partial charge < -0.3 is 5.73 Å². The molecule has 2 aromatic carbocycles. The molecule has 1 amide bonds. The molecule has 4 heteroatoms. The van der Waals surface area contributed by atoms with Crippen LogP contribution >= 0.6 is 11.6 Å². The Balaban J connectivity index is 2.28. The zero-order valence-electron chi connectivity index (χ0n) is 10.3. The summed E-state index contributed by atoms with van der Waals surface area (Å²) in [6.07, 6.45) is 0. The quantitative estimate of drug-likeness (QED) is 0.880. The summed E-state index contributed by atoms with van der Waals surface area (Å²) in [6, 6.07) is 17.4. The van der Waals surface area contributed by atoms with E-state index in [-0.39, 0.29) is 18.5 Å². The molecular formula is C15H15ClN2O. The highest BCUT2D eigenvalue weighted by molar-refractivity contribution is 6.30. The number of rotatable bonds is 5. The first-order valence-electron chi connectivity index (χ1n) is 5.99. The molecule has 0 bridgehead atoms. The highest BCUT2D eigenvalue weighted by atomic mass is 35.5. The van der Waals surface area contributed by atoms with Crippen LogP contribution in [0, 0.1) is 0 Å². The number of primary amides is 1. The normalized spacial score (nSPS) is 12.1.